The standard InChI is InChI=1S/C22H20BrClN2O4S/c1-4-29-18-11-14(9-16-20(27)25(2)22(31)26(3)21(16)28)10-17(24)19(18)30-12-13-5-7-15(23)8-6-13/h5-11H,4,12H2,1-3H3. The summed E-state index contributed by atoms with van der Waals surface area (Å²) in [5.74, 6) is -0.132. The summed E-state index contributed by atoms with van der Waals surface area (Å²) in [4.78, 5) is 27.7. The summed E-state index contributed by atoms with van der Waals surface area (Å²) in [6.07, 6.45) is 1.48. The van der Waals surface area contributed by atoms with Gasteiger partial charge in [-0.3, -0.25) is 19.4 Å². The molecule has 1 fully saturated rings. The van der Waals surface area contributed by atoms with E-state index in [1.54, 1.807) is 12.1 Å². The Bertz CT molecular complexity index is 1050. The monoisotopic (exact) mass is 522 g/mol. The second-order valence-electron chi connectivity index (χ2n) is 6.75. The molecule has 1 heterocycles. The van der Waals surface area contributed by atoms with Crippen LogP contribution in [0.1, 0.15) is 18.1 Å². The minimum absolute atomic E-state index is 0.0133. The smallest absolute Gasteiger partial charge is 0.265 e. The molecule has 0 aliphatic carbocycles. The number of likely N-dealkylation sites (N-methyl/N-ethyl adjacent to an activating group) is 2. The van der Waals surface area contributed by atoms with Crippen LogP contribution in [0.5, 0.6) is 11.5 Å². The van der Waals surface area contributed by atoms with Crippen molar-refractivity contribution in [2.45, 2.75) is 13.5 Å². The maximum atomic E-state index is 12.6. The molecule has 6 nitrogen and oxygen atoms in total. The molecule has 0 saturated carbocycles. The molecule has 0 N–H and O–H groups in total. The zero-order chi connectivity index (χ0) is 22.7. The lowest BCUT2D eigenvalue weighted by atomic mass is 10.1. The minimum Gasteiger partial charge on any atom is -0.490 e. The molecular weight excluding hydrogens is 504 g/mol. The topological polar surface area (TPSA) is 59.1 Å². The molecule has 9 heteroatoms. The van der Waals surface area contributed by atoms with Crippen LogP contribution in [0.2, 0.25) is 5.02 Å². The Kier molecular flexibility index (Phi) is 7.35. The Morgan fingerprint density at radius 3 is 2.26 bits per heavy atom. The van der Waals surface area contributed by atoms with E-state index in [1.165, 1.54) is 30.0 Å². The van der Waals surface area contributed by atoms with Gasteiger partial charge in [0.25, 0.3) is 11.8 Å². The first kappa shape index (κ1) is 23.2. The number of thiocarbonyl (C=S) groups is 1. The number of carbonyl (C=O) groups is 2. The van der Waals surface area contributed by atoms with Gasteiger partial charge < -0.3 is 9.47 Å². The summed E-state index contributed by atoms with van der Waals surface area (Å²) in [5.41, 5.74) is 1.49. The van der Waals surface area contributed by atoms with Crippen LogP contribution in [0.15, 0.2) is 46.4 Å². The highest BCUT2D eigenvalue weighted by Gasteiger charge is 2.35. The predicted molar refractivity (Wildman–Crippen MR) is 127 cm³/mol. The fourth-order valence-electron chi connectivity index (χ4n) is 2.95. The molecule has 0 radical (unpaired) electrons. The van der Waals surface area contributed by atoms with Crippen molar-refractivity contribution in [1.82, 2.24) is 9.80 Å². The molecule has 0 spiro atoms. The van der Waals surface area contributed by atoms with Crippen LogP contribution in [-0.2, 0) is 16.2 Å². The fraction of sp³-hybridized carbons (Fsp3) is 0.227. The zero-order valence-corrected chi connectivity index (χ0v) is 20.3. The summed E-state index contributed by atoms with van der Waals surface area (Å²) in [5, 5.41) is 0.458. The van der Waals surface area contributed by atoms with E-state index in [4.69, 9.17) is 33.3 Å². The highest BCUT2D eigenvalue weighted by atomic mass is 79.9. The molecule has 2 amide bonds. The minimum atomic E-state index is -0.474. The SMILES string of the molecule is CCOc1cc(C=C2C(=O)N(C)C(=S)N(C)C2=O)cc(Cl)c1OCc1ccc(Br)cc1. The van der Waals surface area contributed by atoms with Gasteiger partial charge in [0.1, 0.15) is 12.2 Å². The molecular formula is C22H20BrClN2O4S. The molecule has 1 aliphatic rings. The Hall–Kier alpha value is -2.42. The Balaban J connectivity index is 1.93. The average Bonchev–Trinajstić information content (AvgIpc) is 2.75. The van der Waals surface area contributed by atoms with Gasteiger partial charge in [-0.25, -0.2) is 0 Å². The molecule has 2 aromatic rings. The molecule has 1 aliphatic heterocycles. The van der Waals surface area contributed by atoms with Crippen LogP contribution in [0.3, 0.4) is 0 Å². The fourth-order valence-corrected chi connectivity index (χ4v) is 3.66. The van der Waals surface area contributed by atoms with E-state index in [0.29, 0.717) is 35.3 Å². The van der Waals surface area contributed by atoms with Gasteiger partial charge in [0.15, 0.2) is 16.6 Å². The van der Waals surface area contributed by atoms with E-state index >= 15 is 0 Å². The molecule has 1 saturated heterocycles. The van der Waals surface area contributed by atoms with Gasteiger partial charge in [-0.05, 0) is 60.6 Å². The number of hydrogen-bond acceptors (Lipinski definition) is 5. The quantitative estimate of drug-likeness (QED) is 0.313. The molecule has 0 atom stereocenters. The average molecular weight is 524 g/mol. The highest BCUT2D eigenvalue weighted by molar-refractivity contribution is 9.10. The van der Waals surface area contributed by atoms with E-state index < -0.39 is 11.8 Å². The zero-order valence-electron chi connectivity index (χ0n) is 17.1. The van der Waals surface area contributed by atoms with Gasteiger partial charge in [0, 0.05) is 18.6 Å². The lowest BCUT2D eigenvalue weighted by Crippen LogP contribution is -2.52. The van der Waals surface area contributed by atoms with Crippen molar-refractivity contribution < 1.29 is 19.1 Å². The van der Waals surface area contributed by atoms with Gasteiger partial charge in [-0.2, -0.15) is 0 Å². The number of carbonyl (C=O) groups excluding carboxylic acids is 2. The van der Waals surface area contributed by atoms with Crippen molar-refractivity contribution in [2.24, 2.45) is 0 Å². The molecule has 0 aromatic heterocycles. The van der Waals surface area contributed by atoms with Crippen LogP contribution in [0.25, 0.3) is 6.08 Å². The van der Waals surface area contributed by atoms with Gasteiger partial charge in [0.05, 0.1) is 11.6 Å². The number of nitrogens with zero attached hydrogens (tertiary/aromatic N) is 2. The summed E-state index contributed by atoms with van der Waals surface area (Å²) in [6, 6.07) is 11.0. The number of benzene rings is 2. The summed E-state index contributed by atoms with van der Waals surface area (Å²) in [6.45, 7) is 2.54. The first-order chi connectivity index (χ1) is 14.7. The maximum Gasteiger partial charge on any atom is 0.265 e. The van der Waals surface area contributed by atoms with Crippen LogP contribution < -0.4 is 9.47 Å². The van der Waals surface area contributed by atoms with E-state index in [2.05, 4.69) is 15.9 Å². The third-order valence-electron chi connectivity index (χ3n) is 4.58. The van der Waals surface area contributed by atoms with Crippen molar-refractivity contribution >= 4 is 62.8 Å². The van der Waals surface area contributed by atoms with Gasteiger partial charge in [0.2, 0.25) is 0 Å². The van der Waals surface area contributed by atoms with Gasteiger partial charge >= 0.3 is 0 Å². The Morgan fingerprint density at radius 2 is 1.68 bits per heavy atom. The molecule has 2 aromatic carbocycles. The van der Waals surface area contributed by atoms with Crippen LogP contribution >= 0.6 is 39.7 Å². The molecule has 31 heavy (non-hydrogen) atoms. The maximum absolute atomic E-state index is 12.6. The normalized spacial score (nSPS) is 14.2. The number of hydrogen-bond donors (Lipinski definition) is 0. The van der Waals surface area contributed by atoms with Crippen molar-refractivity contribution in [2.75, 3.05) is 20.7 Å². The predicted octanol–water partition coefficient (Wildman–Crippen LogP) is 4.68. The third-order valence-corrected chi connectivity index (χ3v) is 5.94. The summed E-state index contributed by atoms with van der Waals surface area (Å²) in [7, 11) is 3.05. The molecule has 0 bridgehead atoms. The number of ether oxygens (including phenoxy) is 2. The van der Waals surface area contributed by atoms with Gasteiger partial charge in [-0.15, -0.1) is 0 Å². The van der Waals surface area contributed by atoms with Crippen LogP contribution in [-0.4, -0.2) is 47.4 Å². The third kappa shape index (κ3) is 5.08. The van der Waals surface area contributed by atoms with Gasteiger partial charge in [-0.1, -0.05) is 39.7 Å². The first-order valence-electron chi connectivity index (χ1n) is 9.38. The Labute approximate surface area is 199 Å². The van der Waals surface area contributed by atoms with Crippen molar-refractivity contribution in [3.05, 3.63) is 62.6 Å². The Morgan fingerprint density at radius 1 is 1.06 bits per heavy atom. The number of rotatable bonds is 6. The lowest BCUT2D eigenvalue weighted by molar-refractivity contribution is -0.132. The van der Waals surface area contributed by atoms with E-state index in [-0.39, 0.29) is 10.7 Å². The van der Waals surface area contributed by atoms with Crippen molar-refractivity contribution in [1.29, 1.82) is 0 Å². The van der Waals surface area contributed by atoms with Crippen molar-refractivity contribution in [3.63, 3.8) is 0 Å². The van der Waals surface area contributed by atoms with Crippen molar-refractivity contribution in [3.8, 4) is 11.5 Å². The summed E-state index contributed by atoms with van der Waals surface area (Å²) < 4.78 is 12.6. The second-order valence-corrected chi connectivity index (χ2v) is 8.44. The number of amides is 2. The molecule has 3 rings (SSSR count). The second kappa shape index (κ2) is 9.80. The highest BCUT2D eigenvalue weighted by Crippen LogP contribution is 2.38. The lowest BCUT2D eigenvalue weighted by Gasteiger charge is -2.31. The molecule has 162 valence electrons. The number of halogens is 2. The van der Waals surface area contributed by atoms with E-state index in [9.17, 15) is 9.59 Å². The largest absolute Gasteiger partial charge is 0.490 e. The first-order valence-corrected chi connectivity index (χ1v) is 11.0. The van der Waals surface area contributed by atoms with E-state index in [0.717, 1.165) is 10.0 Å². The van der Waals surface area contributed by atoms with Crippen LogP contribution in [0.4, 0.5) is 0 Å². The summed E-state index contributed by atoms with van der Waals surface area (Å²) >= 11 is 15.0. The van der Waals surface area contributed by atoms with E-state index in [1.807, 2.05) is 31.2 Å². The molecule has 0 unspecified atom stereocenters. The van der Waals surface area contributed by atoms with Crippen LogP contribution in [0, 0.1) is 0 Å².